The molecule has 1 rings (SSSR count). The average molecular weight is 191 g/mol. The highest BCUT2D eigenvalue weighted by atomic mass is 16.7. The number of benzene rings is 1. The van der Waals surface area contributed by atoms with E-state index in [1.54, 1.807) is 13.8 Å². The lowest BCUT2D eigenvalue weighted by Crippen LogP contribution is -2.07. The van der Waals surface area contributed by atoms with Crippen LogP contribution in [0, 0.1) is 5.92 Å². The van der Waals surface area contributed by atoms with Gasteiger partial charge in [0.05, 0.1) is 12.1 Å². The van der Waals surface area contributed by atoms with Crippen LogP contribution >= 0.6 is 0 Å². The number of hydrogen-bond donors (Lipinski definition) is 0. The van der Waals surface area contributed by atoms with Gasteiger partial charge in [0.2, 0.25) is 0 Å². The topological polar surface area (TPSA) is 38.7 Å². The Bertz CT molecular complexity index is 317. The first-order valence-corrected chi connectivity index (χ1v) is 4.49. The number of rotatable bonds is 3. The Morgan fingerprint density at radius 1 is 1.36 bits per heavy atom. The Labute approximate surface area is 83.4 Å². The molecule has 3 nitrogen and oxygen atoms in total. The molecule has 74 valence electrons. The number of nitrogens with zero attached hydrogens (tertiary/aromatic N) is 1. The van der Waals surface area contributed by atoms with Gasteiger partial charge in [0.15, 0.2) is 0 Å². The number of carbonyl (C=O) groups excluding carboxylic acids is 1. The lowest BCUT2D eigenvalue weighted by molar-refractivity contribution is -0.147. The van der Waals surface area contributed by atoms with Gasteiger partial charge in [-0.25, -0.2) is 4.79 Å². The molecule has 3 heteroatoms. The van der Waals surface area contributed by atoms with Crippen LogP contribution < -0.4 is 0 Å². The van der Waals surface area contributed by atoms with Gasteiger partial charge in [-0.15, -0.1) is 0 Å². The molecule has 0 aliphatic carbocycles. The number of carbonyl (C=O) groups is 1. The Balaban J connectivity index is 2.46. The summed E-state index contributed by atoms with van der Waals surface area (Å²) in [6, 6.07) is 9.47. The lowest BCUT2D eigenvalue weighted by atomic mass is 10.2. The predicted molar refractivity (Wildman–Crippen MR) is 55.0 cm³/mol. The molecule has 0 saturated carbocycles. The fourth-order valence-electron chi connectivity index (χ4n) is 0.784. The van der Waals surface area contributed by atoms with Gasteiger partial charge in [0.1, 0.15) is 0 Å². The van der Waals surface area contributed by atoms with Crippen LogP contribution in [0.3, 0.4) is 0 Å². The summed E-state index contributed by atoms with van der Waals surface area (Å²) in [5.74, 6) is -0.472. The molecule has 0 aromatic heterocycles. The van der Waals surface area contributed by atoms with Crippen molar-refractivity contribution < 1.29 is 9.63 Å². The van der Waals surface area contributed by atoms with E-state index in [-0.39, 0.29) is 11.9 Å². The smallest absolute Gasteiger partial charge is 0.318 e. The van der Waals surface area contributed by atoms with Gasteiger partial charge < -0.3 is 4.84 Å². The second kappa shape index (κ2) is 5.17. The van der Waals surface area contributed by atoms with Gasteiger partial charge in [-0.2, -0.15) is 0 Å². The van der Waals surface area contributed by atoms with E-state index in [4.69, 9.17) is 0 Å². The zero-order valence-corrected chi connectivity index (χ0v) is 8.31. The summed E-state index contributed by atoms with van der Waals surface area (Å²) in [4.78, 5) is 15.6. The van der Waals surface area contributed by atoms with E-state index in [1.807, 2.05) is 30.3 Å². The molecule has 1 aromatic rings. The third-order valence-electron chi connectivity index (χ3n) is 1.62. The minimum absolute atomic E-state index is 0.150. The van der Waals surface area contributed by atoms with Crippen molar-refractivity contribution in [1.82, 2.24) is 0 Å². The molecule has 0 aliphatic heterocycles. The van der Waals surface area contributed by atoms with Crippen LogP contribution in [-0.2, 0) is 9.63 Å². The molecular weight excluding hydrogens is 178 g/mol. The lowest BCUT2D eigenvalue weighted by Gasteiger charge is -1.98. The number of hydrogen-bond acceptors (Lipinski definition) is 3. The van der Waals surface area contributed by atoms with Crippen LogP contribution in [0.25, 0.3) is 0 Å². The quantitative estimate of drug-likeness (QED) is 0.417. The molecule has 0 fully saturated rings. The van der Waals surface area contributed by atoms with Crippen molar-refractivity contribution in [2.24, 2.45) is 11.1 Å². The van der Waals surface area contributed by atoms with Gasteiger partial charge in [-0.05, 0) is 5.56 Å². The fraction of sp³-hybridized carbons (Fsp3) is 0.273. The molecule has 0 bridgehead atoms. The Kier molecular flexibility index (Phi) is 3.85. The molecule has 0 unspecified atom stereocenters. The van der Waals surface area contributed by atoms with E-state index in [9.17, 15) is 4.79 Å². The molecule has 0 spiro atoms. The summed E-state index contributed by atoms with van der Waals surface area (Å²) >= 11 is 0. The molecule has 0 aliphatic rings. The molecule has 1 aromatic carbocycles. The van der Waals surface area contributed by atoms with Crippen LogP contribution in [0.2, 0.25) is 0 Å². The van der Waals surface area contributed by atoms with Crippen LogP contribution in [0.5, 0.6) is 0 Å². The maximum atomic E-state index is 11.0. The van der Waals surface area contributed by atoms with Gasteiger partial charge >= 0.3 is 5.97 Å². The van der Waals surface area contributed by atoms with E-state index >= 15 is 0 Å². The summed E-state index contributed by atoms with van der Waals surface area (Å²) in [5.41, 5.74) is 0.907. The van der Waals surface area contributed by atoms with Crippen molar-refractivity contribution in [2.75, 3.05) is 0 Å². The molecular formula is C11H13NO2. The predicted octanol–water partition coefficient (Wildman–Crippen LogP) is 2.22. The van der Waals surface area contributed by atoms with Crippen molar-refractivity contribution in [2.45, 2.75) is 13.8 Å². The van der Waals surface area contributed by atoms with E-state index in [0.29, 0.717) is 0 Å². The summed E-state index contributed by atoms with van der Waals surface area (Å²) < 4.78 is 0. The monoisotopic (exact) mass is 191 g/mol. The summed E-state index contributed by atoms with van der Waals surface area (Å²) in [7, 11) is 0. The standard InChI is InChI=1S/C11H13NO2/c1-9(2)11(13)14-12-8-10-6-4-3-5-7-10/h3-9H,1-2H3/b12-8+. The van der Waals surface area contributed by atoms with Crippen molar-refractivity contribution in [1.29, 1.82) is 0 Å². The summed E-state index contributed by atoms with van der Waals surface area (Å²) in [5, 5.41) is 3.59. The van der Waals surface area contributed by atoms with Crippen molar-refractivity contribution in [3.63, 3.8) is 0 Å². The first kappa shape index (κ1) is 10.4. The van der Waals surface area contributed by atoms with E-state index in [2.05, 4.69) is 9.99 Å². The largest absolute Gasteiger partial charge is 0.337 e. The molecule has 0 saturated heterocycles. The molecule has 0 N–H and O–H groups in total. The highest BCUT2D eigenvalue weighted by Crippen LogP contribution is 1.97. The van der Waals surface area contributed by atoms with Gasteiger partial charge in [-0.1, -0.05) is 49.3 Å². The normalized spacial score (nSPS) is 10.8. The minimum atomic E-state index is -0.322. The van der Waals surface area contributed by atoms with Crippen LogP contribution in [0.1, 0.15) is 19.4 Å². The summed E-state index contributed by atoms with van der Waals surface area (Å²) in [6.07, 6.45) is 1.51. The third-order valence-corrected chi connectivity index (χ3v) is 1.62. The highest BCUT2D eigenvalue weighted by Gasteiger charge is 2.06. The SMILES string of the molecule is CC(C)C(=O)O/N=C/c1ccccc1. The summed E-state index contributed by atoms with van der Waals surface area (Å²) in [6.45, 7) is 3.53. The van der Waals surface area contributed by atoms with E-state index < -0.39 is 0 Å². The van der Waals surface area contributed by atoms with Crippen molar-refractivity contribution >= 4 is 12.2 Å². The maximum absolute atomic E-state index is 11.0. The fourth-order valence-corrected chi connectivity index (χ4v) is 0.784. The molecule has 0 amide bonds. The van der Waals surface area contributed by atoms with Crippen LogP contribution in [0.15, 0.2) is 35.5 Å². The highest BCUT2D eigenvalue weighted by molar-refractivity contribution is 5.80. The van der Waals surface area contributed by atoms with Crippen molar-refractivity contribution in [3.8, 4) is 0 Å². The maximum Gasteiger partial charge on any atom is 0.337 e. The average Bonchev–Trinajstić information content (AvgIpc) is 2.19. The first-order chi connectivity index (χ1) is 6.70. The molecule has 0 heterocycles. The molecule has 0 atom stereocenters. The second-order valence-electron chi connectivity index (χ2n) is 3.21. The van der Waals surface area contributed by atoms with Gasteiger partial charge in [0.25, 0.3) is 0 Å². The van der Waals surface area contributed by atoms with E-state index in [1.165, 1.54) is 6.21 Å². The minimum Gasteiger partial charge on any atom is -0.318 e. The zero-order chi connectivity index (χ0) is 10.4. The van der Waals surface area contributed by atoms with Crippen molar-refractivity contribution in [3.05, 3.63) is 35.9 Å². The molecule has 14 heavy (non-hydrogen) atoms. The first-order valence-electron chi connectivity index (χ1n) is 4.49. The Hall–Kier alpha value is -1.64. The zero-order valence-electron chi connectivity index (χ0n) is 8.31. The van der Waals surface area contributed by atoms with Gasteiger partial charge in [-0.3, -0.25) is 0 Å². The molecule has 0 radical (unpaired) electrons. The van der Waals surface area contributed by atoms with Gasteiger partial charge in [0, 0.05) is 0 Å². The van der Waals surface area contributed by atoms with Crippen LogP contribution in [-0.4, -0.2) is 12.2 Å². The Morgan fingerprint density at radius 3 is 2.57 bits per heavy atom. The third kappa shape index (κ3) is 3.39. The van der Waals surface area contributed by atoms with E-state index in [0.717, 1.165) is 5.56 Å². The van der Waals surface area contributed by atoms with Crippen LogP contribution in [0.4, 0.5) is 0 Å². The second-order valence-corrected chi connectivity index (χ2v) is 3.21. The number of oxime groups is 1. The Morgan fingerprint density at radius 2 is 2.00 bits per heavy atom.